The molecule has 0 saturated carbocycles. The number of ether oxygens (including phenoxy) is 3. The van der Waals surface area contributed by atoms with E-state index in [9.17, 15) is 24.6 Å². The zero-order chi connectivity index (χ0) is 37.4. The highest BCUT2D eigenvalue weighted by Gasteiger charge is 2.74. The molecule has 0 aliphatic carbocycles. The zero-order valence-corrected chi connectivity index (χ0v) is 29.2. The minimum Gasteiger partial charge on any atom is -0.497 e. The van der Waals surface area contributed by atoms with Gasteiger partial charge in [-0.3, -0.25) is 19.3 Å². The van der Waals surface area contributed by atoms with Crippen molar-refractivity contribution < 1.29 is 38.8 Å². The van der Waals surface area contributed by atoms with E-state index in [0.29, 0.717) is 33.9 Å². The molecule has 0 bridgehead atoms. The number of aliphatic hydroxyl groups is 1. The minimum atomic E-state index is -1.84. The molecule has 10 nitrogen and oxygen atoms in total. The second-order valence-corrected chi connectivity index (χ2v) is 13.4. The Bertz CT molecular complexity index is 2280. The van der Waals surface area contributed by atoms with E-state index in [2.05, 4.69) is 17.2 Å². The number of nitrogens with one attached hydrogen (secondary N) is 1. The van der Waals surface area contributed by atoms with Crippen LogP contribution in [0.5, 0.6) is 11.5 Å². The van der Waals surface area contributed by atoms with Gasteiger partial charge in [0.05, 0.1) is 25.8 Å². The summed E-state index contributed by atoms with van der Waals surface area (Å²) >= 11 is 0. The second-order valence-electron chi connectivity index (χ2n) is 13.4. The summed E-state index contributed by atoms with van der Waals surface area (Å²) < 4.78 is 17.4. The maximum Gasteiger partial charge on any atom is 0.325 e. The van der Waals surface area contributed by atoms with Crippen LogP contribution in [-0.2, 0) is 24.5 Å². The number of morpholine rings is 1. The van der Waals surface area contributed by atoms with Crippen LogP contribution in [0.15, 0.2) is 127 Å². The summed E-state index contributed by atoms with van der Waals surface area (Å²) in [5.41, 5.74) is 2.35. The second kappa shape index (κ2) is 14.2. The van der Waals surface area contributed by atoms with Gasteiger partial charge >= 0.3 is 11.9 Å². The summed E-state index contributed by atoms with van der Waals surface area (Å²) in [5.74, 6) is 3.27. The van der Waals surface area contributed by atoms with Crippen molar-refractivity contribution >= 4 is 23.5 Å². The summed E-state index contributed by atoms with van der Waals surface area (Å²) in [5, 5.41) is 23.8. The number of anilines is 1. The average molecular weight is 721 g/mol. The Morgan fingerprint density at radius 1 is 0.796 bits per heavy atom. The van der Waals surface area contributed by atoms with Gasteiger partial charge in [-0.25, -0.2) is 0 Å². The Morgan fingerprint density at radius 3 is 2.15 bits per heavy atom. The van der Waals surface area contributed by atoms with Gasteiger partial charge in [0.15, 0.2) is 0 Å². The number of cyclic esters (lactones) is 1. The first-order valence-corrected chi connectivity index (χ1v) is 17.6. The number of hydrogen-bond acceptors (Lipinski definition) is 8. The summed E-state index contributed by atoms with van der Waals surface area (Å²) in [6.45, 7) is -0.193. The molecule has 1 spiro atoms. The summed E-state index contributed by atoms with van der Waals surface area (Å²) in [4.78, 5) is 45.2. The largest absolute Gasteiger partial charge is 0.497 e. The molecule has 0 radical (unpaired) electrons. The van der Waals surface area contributed by atoms with E-state index in [1.807, 2.05) is 95.9 Å². The van der Waals surface area contributed by atoms with E-state index in [1.165, 1.54) is 0 Å². The number of aliphatic hydroxyl groups excluding tert-OH is 1. The van der Waals surface area contributed by atoms with Gasteiger partial charge in [0.2, 0.25) is 5.91 Å². The van der Waals surface area contributed by atoms with Gasteiger partial charge in [-0.15, -0.1) is 0 Å². The van der Waals surface area contributed by atoms with Crippen LogP contribution in [0, 0.1) is 17.8 Å². The standard InChI is InChI=1S/C44H36N2O8/c1-52-32-20-17-27(18-21-32)15-16-28-19-22-35-34(25-28)44(43(51)45-35)36(41(48)49)38-42(50)54-39(30-11-6-3-7-12-30)37(29-9-4-2-5-10-29)46(38)40(44)31-13-8-14-33(26-31)53-24-23-47/h2-14,17-22,25-26,36-40,47H,23-24H2,1H3,(H,45,51)(H,48,49)/t36-,37-,38-,39+,40+,44-/m1/s1. The third kappa shape index (κ3) is 5.75. The Labute approximate surface area is 311 Å². The van der Waals surface area contributed by atoms with Gasteiger partial charge in [0.25, 0.3) is 0 Å². The summed E-state index contributed by atoms with van der Waals surface area (Å²) in [7, 11) is 1.59. The predicted molar refractivity (Wildman–Crippen MR) is 199 cm³/mol. The minimum absolute atomic E-state index is 0.0257. The highest BCUT2D eigenvalue weighted by molar-refractivity contribution is 6.11. The number of carbonyl (C=O) groups is 3. The molecule has 2 saturated heterocycles. The fourth-order valence-corrected chi connectivity index (χ4v) is 8.41. The molecule has 8 rings (SSSR count). The molecule has 3 aliphatic heterocycles. The van der Waals surface area contributed by atoms with Gasteiger partial charge in [0, 0.05) is 16.8 Å². The molecular weight excluding hydrogens is 684 g/mol. The lowest BCUT2D eigenvalue weighted by molar-refractivity contribution is -0.179. The maximum atomic E-state index is 14.9. The number of aliphatic carboxylic acids is 1. The molecule has 3 heterocycles. The van der Waals surface area contributed by atoms with Crippen molar-refractivity contribution in [3.05, 3.63) is 161 Å². The molecule has 2 fully saturated rings. The fraction of sp³-hybridized carbons (Fsp3) is 0.205. The van der Waals surface area contributed by atoms with E-state index in [1.54, 1.807) is 43.5 Å². The first kappa shape index (κ1) is 34.7. The van der Waals surface area contributed by atoms with Crippen LogP contribution in [0.3, 0.4) is 0 Å². The van der Waals surface area contributed by atoms with Crippen molar-refractivity contribution in [2.45, 2.75) is 29.6 Å². The predicted octanol–water partition coefficient (Wildman–Crippen LogP) is 5.82. The number of esters is 1. The molecular formula is C44H36N2O8. The van der Waals surface area contributed by atoms with Gasteiger partial charge < -0.3 is 29.7 Å². The van der Waals surface area contributed by atoms with E-state index in [-0.39, 0.29) is 13.2 Å². The van der Waals surface area contributed by atoms with E-state index in [0.717, 1.165) is 16.7 Å². The number of carbonyl (C=O) groups excluding carboxylic acids is 2. The molecule has 1 amide bonds. The SMILES string of the molecule is COc1ccc(C#Cc2ccc3c(c2)[C@]2(C(=O)N3)[C@H](c3cccc(OCCO)c3)N3[C@H](c4ccccc4)[C@H](c4ccccc4)OC(=O)[C@H]3[C@@H]2C(=O)O)cc1. The van der Waals surface area contributed by atoms with E-state index >= 15 is 0 Å². The van der Waals surface area contributed by atoms with Crippen molar-refractivity contribution in [2.24, 2.45) is 5.92 Å². The number of fused-ring (bicyclic) bond motifs is 3. The Kier molecular flexibility index (Phi) is 9.11. The molecule has 54 heavy (non-hydrogen) atoms. The number of nitrogens with zero attached hydrogens (tertiary/aromatic N) is 1. The Hall–Kier alpha value is -6.41. The number of benzene rings is 5. The van der Waals surface area contributed by atoms with Crippen LogP contribution < -0.4 is 14.8 Å². The third-order valence-electron chi connectivity index (χ3n) is 10.5. The smallest absolute Gasteiger partial charge is 0.325 e. The average Bonchev–Trinajstić information content (AvgIpc) is 3.69. The van der Waals surface area contributed by atoms with Crippen LogP contribution in [0.1, 0.15) is 51.6 Å². The zero-order valence-electron chi connectivity index (χ0n) is 29.2. The normalized spacial score (nSPS) is 24.1. The topological polar surface area (TPSA) is 135 Å². The number of methoxy groups -OCH3 is 1. The Morgan fingerprint density at radius 2 is 1.46 bits per heavy atom. The number of carboxylic acids is 1. The summed E-state index contributed by atoms with van der Waals surface area (Å²) in [6.07, 6.45) is -0.844. The van der Waals surface area contributed by atoms with Crippen LogP contribution in [0.25, 0.3) is 0 Å². The van der Waals surface area contributed by atoms with Crippen molar-refractivity contribution in [2.75, 3.05) is 25.6 Å². The molecule has 5 aromatic carbocycles. The molecule has 3 aliphatic rings. The van der Waals surface area contributed by atoms with Gasteiger partial charge in [0.1, 0.15) is 41.6 Å². The monoisotopic (exact) mass is 720 g/mol. The number of rotatable bonds is 8. The van der Waals surface area contributed by atoms with Crippen molar-refractivity contribution in [1.29, 1.82) is 0 Å². The van der Waals surface area contributed by atoms with Crippen LogP contribution >= 0.6 is 0 Å². The first-order chi connectivity index (χ1) is 26.3. The molecule has 10 heteroatoms. The van der Waals surface area contributed by atoms with Gasteiger partial charge in [-0.1, -0.05) is 84.6 Å². The van der Waals surface area contributed by atoms with Crippen molar-refractivity contribution in [3.63, 3.8) is 0 Å². The Balaban J connectivity index is 1.38. The van der Waals surface area contributed by atoms with Gasteiger partial charge in [-0.2, -0.15) is 0 Å². The fourth-order valence-electron chi connectivity index (χ4n) is 8.41. The third-order valence-corrected chi connectivity index (χ3v) is 10.5. The number of hydrogen-bond donors (Lipinski definition) is 3. The molecule has 3 N–H and O–H groups in total. The highest BCUT2D eigenvalue weighted by Crippen LogP contribution is 2.64. The number of carboxylic acid groups (broad SMARTS) is 1. The van der Waals surface area contributed by atoms with Crippen molar-refractivity contribution in [3.8, 4) is 23.3 Å². The quantitative estimate of drug-likeness (QED) is 0.134. The molecule has 0 aromatic heterocycles. The lowest BCUT2D eigenvalue weighted by atomic mass is 9.65. The molecule has 5 aromatic rings. The number of amides is 1. The van der Waals surface area contributed by atoms with Crippen LogP contribution in [0.2, 0.25) is 0 Å². The van der Waals surface area contributed by atoms with Gasteiger partial charge in [-0.05, 0) is 76.9 Å². The molecule has 0 unspecified atom stereocenters. The molecule has 6 atom stereocenters. The van der Waals surface area contributed by atoms with Crippen LogP contribution in [-0.4, -0.2) is 59.3 Å². The van der Waals surface area contributed by atoms with Crippen molar-refractivity contribution in [1.82, 2.24) is 4.90 Å². The highest BCUT2D eigenvalue weighted by atomic mass is 16.6. The van der Waals surface area contributed by atoms with Crippen LogP contribution in [0.4, 0.5) is 5.69 Å². The summed E-state index contributed by atoms with van der Waals surface area (Å²) in [6, 6.07) is 35.3. The lowest BCUT2D eigenvalue weighted by Gasteiger charge is -2.46. The lowest BCUT2D eigenvalue weighted by Crippen LogP contribution is -2.52. The maximum absolute atomic E-state index is 14.9. The molecule has 270 valence electrons. The van der Waals surface area contributed by atoms with E-state index < -0.39 is 53.4 Å². The first-order valence-electron chi connectivity index (χ1n) is 17.6. The van der Waals surface area contributed by atoms with E-state index in [4.69, 9.17) is 14.2 Å².